The van der Waals surface area contributed by atoms with E-state index in [1.807, 2.05) is 24.3 Å². The van der Waals surface area contributed by atoms with Crippen molar-refractivity contribution in [3.8, 4) is 17.2 Å². The zero-order valence-electron chi connectivity index (χ0n) is 15.6. The Balaban J connectivity index is 1.68. The molecule has 0 radical (unpaired) electrons. The van der Waals surface area contributed by atoms with E-state index in [0.29, 0.717) is 29.2 Å². The molecule has 0 aliphatic heterocycles. The molecule has 0 heterocycles. The van der Waals surface area contributed by atoms with E-state index in [4.69, 9.17) is 9.47 Å². The van der Waals surface area contributed by atoms with E-state index in [0.717, 1.165) is 10.0 Å². The Kier molecular flexibility index (Phi) is 6.86. The lowest BCUT2D eigenvalue weighted by Gasteiger charge is -2.10. The molecular weight excluding hydrogens is 436 g/mol. The molecule has 0 bridgehead atoms. The number of halogens is 1. The molecule has 0 aliphatic rings. The number of para-hydroxylation sites is 1. The third-order valence-corrected chi connectivity index (χ3v) is 4.51. The molecule has 0 spiro atoms. The smallest absolute Gasteiger partial charge is 0.275 e. The van der Waals surface area contributed by atoms with Crippen LogP contribution < -0.4 is 14.9 Å². The maximum atomic E-state index is 12.5. The summed E-state index contributed by atoms with van der Waals surface area (Å²) in [6.07, 6.45) is 1.35. The Morgan fingerprint density at radius 3 is 2.76 bits per heavy atom. The number of nitrogens with one attached hydrogen (secondary N) is 1. The average Bonchev–Trinajstić information content (AvgIpc) is 2.74. The molecule has 29 heavy (non-hydrogen) atoms. The molecule has 3 aromatic rings. The topological polar surface area (TPSA) is 80.2 Å². The van der Waals surface area contributed by atoms with E-state index in [1.165, 1.54) is 19.4 Å². The molecule has 6 nitrogen and oxygen atoms in total. The standard InChI is InChI=1S/C22H19BrN2O4/c1-28-18-9-10-20(26)16(12-18)13-24-25-22(27)19-7-2-3-8-21(19)29-14-15-5-4-6-17(23)11-15/h2-13,26H,14H2,1H3,(H,25,27)/b24-13+. The maximum absolute atomic E-state index is 12.5. The maximum Gasteiger partial charge on any atom is 0.275 e. The molecule has 0 unspecified atom stereocenters. The average molecular weight is 455 g/mol. The largest absolute Gasteiger partial charge is 0.507 e. The second-order valence-corrected chi connectivity index (χ2v) is 6.95. The van der Waals surface area contributed by atoms with Gasteiger partial charge in [0.1, 0.15) is 23.9 Å². The first kappa shape index (κ1) is 20.4. The highest BCUT2D eigenvalue weighted by atomic mass is 79.9. The summed E-state index contributed by atoms with van der Waals surface area (Å²) >= 11 is 3.43. The molecule has 0 aliphatic carbocycles. The summed E-state index contributed by atoms with van der Waals surface area (Å²) in [5.41, 5.74) is 4.20. The fourth-order valence-electron chi connectivity index (χ4n) is 2.55. The number of aromatic hydroxyl groups is 1. The van der Waals surface area contributed by atoms with Crippen LogP contribution >= 0.6 is 15.9 Å². The fraction of sp³-hybridized carbons (Fsp3) is 0.0909. The van der Waals surface area contributed by atoms with Gasteiger partial charge in [-0.2, -0.15) is 5.10 Å². The first-order valence-corrected chi connectivity index (χ1v) is 9.53. The summed E-state index contributed by atoms with van der Waals surface area (Å²) in [7, 11) is 1.53. The Morgan fingerprint density at radius 2 is 1.97 bits per heavy atom. The van der Waals surface area contributed by atoms with Gasteiger partial charge in [0.2, 0.25) is 0 Å². The minimum absolute atomic E-state index is 0.0292. The number of rotatable bonds is 7. The highest BCUT2D eigenvalue weighted by Gasteiger charge is 2.12. The molecule has 0 aromatic heterocycles. The van der Waals surface area contributed by atoms with Crippen LogP contribution in [-0.4, -0.2) is 24.3 Å². The van der Waals surface area contributed by atoms with Crippen LogP contribution in [0.4, 0.5) is 0 Å². The number of nitrogens with zero attached hydrogens (tertiary/aromatic N) is 1. The quantitative estimate of drug-likeness (QED) is 0.406. The molecule has 3 rings (SSSR count). The van der Waals surface area contributed by atoms with Gasteiger partial charge in [0.25, 0.3) is 5.91 Å². The van der Waals surface area contributed by atoms with Crippen molar-refractivity contribution in [2.75, 3.05) is 7.11 Å². The summed E-state index contributed by atoms with van der Waals surface area (Å²) in [5, 5.41) is 13.8. The van der Waals surface area contributed by atoms with Gasteiger partial charge in [0.15, 0.2) is 0 Å². The number of benzene rings is 3. The van der Waals surface area contributed by atoms with Crippen LogP contribution in [0.1, 0.15) is 21.5 Å². The van der Waals surface area contributed by atoms with E-state index >= 15 is 0 Å². The Bertz CT molecular complexity index is 1040. The number of ether oxygens (including phenoxy) is 2. The molecule has 3 aromatic carbocycles. The predicted octanol–water partition coefficient (Wildman–Crippen LogP) is 4.51. The second-order valence-electron chi connectivity index (χ2n) is 6.04. The molecule has 2 N–H and O–H groups in total. The highest BCUT2D eigenvalue weighted by molar-refractivity contribution is 9.10. The first-order valence-electron chi connectivity index (χ1n) is 8.73. The van der Waals surface area contributed by atoms with Crippen LogP contribution in [0.25, 0.3) is 0 Å². The summed E-state index contributed by atoms with van der Waals surface area (Å²) < 4.78 is 11.9. The SMILES string of the molecule is COc1ccc(O)c(/C=N/NC(=O)c2ccccc2OCc2cccc(Br)c2)c1. The molecule has 1 amide bonds. The van der Waals surface area contributed by atoms with Gasteiger partial charge in [0, 0.05) is 10.0 Å². The van der Waals surface area contributed by atoms with Crippen molar-refractivity contribution in [1.29, 1.82) is 0 Å². The minimum Gasteiger partial charge on any atom is -0.507 e. The van der Waals surface area contributed by atoms with Gasteiger partial charge in [-0.3, -0.25) is 4.79 Å². The van der Waals surface area contributed by atoms with Crippen LogP contribution in [0.15, 0.2) is 76.3 Å². The van der Waals surface area contributed by atoms with Gasteiger partial charge in [-0.1, -0.05) is 40.2 Å². The lowest BCUT2D eigenvalue weighted by Crippen LogP contribution is -2.18. The molecule has 7 heteroatoms. The van der Waals surface area contributed by atoms with E-state index in [-0.39, 0.29) is 5.75 Å². The third-order valence-electron chi connectivity index (χ3n) is 4.02. The van der Waals surface area contributed by atoms with Crippen molar-refractivity contribution in [3.05, 3.63) is 87.9 Å². The van der Waals surface area contributed by atoms with Crippen LogP contribution in [0.2, 0.25) is 0 Å². The van der Waals surface area contributed by atoms with Crippen LogP contribution in [-0.2, 0) is 6.61 Å². The molecular formula is C22H19BrN2O4. The van der Waals surface area contributed by atoms with Crippen LogP contribution in [0.5, 0.6) is 17.2 Å². The highest BCUT2D eigenvalue weighted by Crippen LogP contribution is 2.22. The lowest BCUT2D eigenvalue weighted by atomic mass is 10.2. The lowest BCUT2D eigenvalue weighted by molar-refractivity contribution is 0.0950. The Labute approximate surface area is 176 Å². The predicted molar refractivity (Wildman–Crippen MR) is 115 cm³/mol. The molecule has 0 saturated heterocycles. The first-order chi connectivity index (χ1) is 14.1. The number of hydrogen-bond donors (Lipinski definition) is 2. The van der Waals surface area contributed by atoms with Gasteiger partial charge in [-0.15, -0.1) is 0 Å². The van der Waals surface area contributed by atoms with E-state index in [1.54, 1.807) is 36.4 Å². The second kappa shape index (κ2) is 9.75. The number of methoxy groups -OCH3 is 1. The number of phenols is 1. The van der Waals surface area contributed by atoms with Gasteiger partial charge >= 0.3 is 0 Å². The fourth-order valence-corrected chi connectivity index (χ4v) is 3.00. The summed E-state index contributed by atoms with van der Waals surface area (Å²) in [5.74, 6) is 0.626. The van der Waals surface area contributed by atoms with Crippen molar-refractivity contribution >= 4 is 28.1 Å². The Morgan fingerprint density at radius 1 is 1.14 bits per heavy atom. The number of hydrogen-bond acceptors (Lipinski definition) is 5. The van der Waals surface area contributed by atoms with E-state index in [9.17, 15) is 9.90 Å². The zero-order chi connectivity index (χ0) is 20.6. The van der Waals surface area contributed by atoms with Gasteiger partial charge < -0.3 is 14.6 Å². The van der Waals surface area contributed by atoms with Gasteiger partial charge in [0.05, 0.1) is 18.9 Å². The third kappa shape index (κ3) is 5.58. The van der Waals surface area contributed by atoms with E-state index in [2.05, 4.69) is 26.5 Å². The van der Waals surface area contributed by atoms with Crippen molar-refractivity contribution < 1.29 is 19.4 Å². The number of hydrazone groups is 1. The van der Waals surface area contributed by atoms with Crippen molar-refractivity contribution in [3.63, 3.8) is 0 Å². The number of carbonyl (C=O) groups is 1. The van der Waals surface area contributed by atoms with E-state index < -0.39 is 5.91 Å². The van der Waals surface area contributed by atoms with Crippen LogP contribution in [0, 0.1) is 0 Å². The van der Waals surface area contributed by atoms with Gasteiger partial charge in [-0.05, 0) is 48.0 Å². The number of phenolic OH excluding ortho intramolecular Hbond substituents is 1. The van der Waals surface area contributed by atoms with Gasteiger partial charge in [-0.25, -0.2) is 5.43 Å². The molecule has 148 valence electrons. The van der Waals surface area contributed by atoms with Crippen LogP contribution in [0.3, 0.4) is 0 Å². The minimum atomic E-state index is -0.423. The Hall–Kier alpha value is -3.32. The summed E-state index contributed by atoms with van der Waals surface area (Å²) in [6, 6.07) is 19.4. The summed E-state index contributed by atoms with van der Waals surface area (Å²) in [6.45, 7) is 0.324. The normalized spacial score (nSPS) is 10.7. The zero-order valence-corrected chi connectivity index (χ0v) is 17.2. The molecule has 0 fully saturated rings. The number of carbonyl (C=O) groups excluding carboxylic acids is 1. The van der Waals surface area contributed by atoms with Crippen molar-refractivity contribution in [2.24, 2.45) is 5.10 Å². The molecule has 0 saturated carbocycles. The molecule has 0 atom stereocenters. The summed E-state index contributed by atoms with van der Waals surface area (Å²) in [4.78, 5) is 12.5. The van der Waals surface area contributed by atoms with Crippen molar-refractivity contribution in [1.82, 2.24) is 5.43 Å². The monoisotopic (exact) mass is 454 g/mol. The number of amides is 1. The van der Waals surface area contributed by atoms with Crippen molar-refractivity contribution in [2.45, 2.75) is 6.61 Å².